The van der Waals surface area contributed by atoms with Crippen LogP contribution in [0.4, 0.5) is 0 Å². The number of benzene rings is 1. The predicted octanol–water partition coefficient (Wildman–Crippen LogP) is 1.94. The number of rotatable bonds is 6. The van der Waals surface area contributed by atoms with E-state index in [2.05, 4.69) is 0 Å². The Hall–Kier alpha value is -1.24. The summed E-state index contributed by atoms with van der Waals surface area (Å²) in [5.74, 6) is 0.186. The number of Topliss-reactive ketones (excluding diaryl/α,β-unsaturated/α-hetero) is 1. The van der Waals surface area contributed by atoms with E-state index in [-0.39, 0.29) is 16.6 Å². The molecule has 0 spiro atoms. The largest absolute Gasteiger partial charge is 0.381 e. The monoisotopic (exact) mass is 311 g/mol. The first-order chi connectivity index (χ1) is 9.95. The van der Waals surface area contributed by atoms with E-state index in [0.29, 0.717) is 31.9 Å². The Morgan fingerprint density at radius 2 is 2.00 bits per heavy atom. The Morgan fingerprint density at radius 1 is 1.33 bits per heavy atom. The highest BCUT2D eigenvalue weighted by atomic mass is 32.2. The summed E-state index contributed by atoms with van der Waals surface area (Å²) in [6, 6.07) is 6.11. The third-order valence-electron chi connectivity index (χ3n) is 3.74. The summed E-state index contributed by atoms with van der Waals surface area (Å²) in [6.45, 7) is 5.52. The molecule has 1 aromatic rings. The number of ketones is 1. The lowest BCUT2D eigenvalue weighted by Crippen LogP contribution is -2.35. The molecule has 116 valence electrons. The SMILES string of the molecule is CCN(CC1CCOC1)S(=O)(=O)c1ccc(C(C)=O)cc1. The van der Waals surface area contributed by atoms with E-state index >= 15 is 0 Å². The molecule has 0 bridgehead atoms. The molecule has 6 heteroatoms. The fourth-order valence-corrected chi connectivity index (χ4v) is 3.95. The van der Waals surface area contributed by atoms with Crippen molar-refractivity contribution in [3.05, 3.63) is 29.8 Å². The minimum atomic E-state index is -3.51. The Balaban J connectivity index is 2.19. The van der Waals surface area contributed by atoms with Gasteiger partial charge in [-0.2, -0.15) is 4.31 Å². The molecule has 1 atom stereocenters. The highest BCUT2D eigenvalue weighted by molar-refractivity contribution is 7.89. The van der Waals surface area contributed by atoms with Crippen LogP contribution < -0.4 is 0 Å². The van der Waals surface area contributed by atoms with Gasteiger partial charge in [-0.1, -0.05) is 19.1 Å². The summed E-state index contributed by atoms with van der Waals surface area (Å²) in [5, 5.41) is 0. The maximum absolute atomic E-state index is 12.6. The minimum absolute atomic E-state index is 0.0746. The number of ether oxygens (including phenoxy) is 1. The number of carbonyl (C=O) groups excluding carboxylic acids is 1. The van der Waals surface area contributed by atoms with Gasteiger partial charge >= 0.3 is 0 Å². The Bertz CT molecular complexity index is 589. The second-order valence-electron chi connectivity index (χ2n) is 5.27. The van der Waals surface area contributed by atoms with Crippen LogP contribution in [0, 0.1) is 5.92 Å². The molecule has 1 unspecified atom stereocenters. The molecule has 5 nitrogen and oxygen atoms in total. The highest BCUT2D eigenvalue weighted by Gasteiger charge is 2.27. The molecule has 2 rings (SSSR count). The van der Waals surface area contributed by atoms with E-state index in [1.807, 2.05) is 6.92 Å². The average molecular weight is 311 g/mol. The van der Waals surface area contributed by atoms with Gasteiger partial charge in [0.15, 0.2) is 5.78 Å². The van der Waals surface area contributed by atoms with E-state index < -0.39 is 10.0 Å². The summed E-state index contributed by atoms with van der Waals surface area (Å²) in [4.78, 5) is 11.5. The van der Waals surface area contributed by atoms with Crippen LogP contribution in [-0.2, 0) is 14.8 Å². The van der Waals surface area contributed by atoms with Crippen LogP contribution in [0.5, 0.6) is 0 Å². The van der Waals surface area contributed by atoms with E-state index in [1.165, 1.54) is 23.4 Å². The smallest absolute Gasteiger partial charge is 0.243 e. The van der Waals surface area contributed by atoms with Gasteiger partial charge < -0.3 is 4.74 Å². The van der Waals surface area contributed by atoms with Crippen molar-refractivity contribution in [1.82, 2.24) is 4.31 Å². The third kappa shape index (κ3) is 3.70. The third-order valence-corrected chi connectivity index (χ3v) is 5.69. The van der Waals surface area contributed by atoms with Crippen molar-refractivity contribution >= 4 is 15.8 Å². The zero-order valence-electron chi connectivity index (χ0n) is 12.4. The first-order valence-electron chi connectivity index (χ1n) is 7.14. The molecule has 0 radical (unpaired) electrons. The molecule has 0 N–H and O–H groups in total. The predicted molar refractivity (Wildman–Crippen MR) is 79.8 cm³/mol. The highest BCUT2D eigenvalue weighted by Crippen LogP contribution is 2.21. The Labute approximate surface area is 126 Å². The number of sulfonamides is 1. The van der Waals surface area contributed by atoms with Gasteiger partial charge in [0.2, 0.25) is 10.0 Å². The Kier molecular flexibility index (Phi) is 5.13. The maximum Gasteiger partial charge on any atom is 0.243 e. The van der Waals surface area contributed by atoms with Gasteiger partial charge in [0.25, 0.3) is 0 Å². The van der Waals surface area contributed by atoms with Crippen molar-refractivity contribution in [2.24, 2.45) is 5.92 Å². The quantitative estimate of drug-likeness (QED) is 0.753. The Morgan fingerprint density at radius 3 is 2.48 bits per heavy atom. The molecule has 21 heavy (non-hydrogen) atoms. The standard InChI is InChI=1S/C15H21NO4S/c1-3-16(10-13-8-9-20-11-13)21(18,19)15-6-4-14(5-7-15)12(2)17/h4-7,13H,3,8-11H2,1-2H3. The van der Waals surface area contributed by atoms with Crippen LogP contribution in [0.25, 0.3) is 0 Å². The zero-order valence-corrected chi connectivity index (χ0v) is 13.2. The molecule has 0 aliphatic carbocycles. The van der Waals surface area contributed by atoms with Gasteiger partial charge in [-0.15, -0.1) is 0 Å². The summed E-state index contributed by atoms with van der Waals surface area (Å²) in [5.41, 5.74) is 0.515. The molecule has 1 aliphatic rings. The maximum atomic E-state index is 12.6. The summed E-state index contributed by atoms with van der Waals surface area (Å²) in [6.07, 6.45) is 0.898. The van der Waals surface area contributed by atoms with Crippen molar-refractivity contribution < 1.29 is 17.9 Å². The topological polar surface area (TPSA) is 63.7 Å². The lowest BCUT2D eigenvalue weighted by atomic mass is 10.1. The molecular weight excluding hydrogens is 290 g/mol. The van der Waals surface area contributed by atoms with Crippen molar-refractivity contribution in [2.75, 3.05) is 26.3 Å². The molecular formula is C15H21NO4S. The van der Waals surface area contributed by atoms with Crippen LogP contribution >= 0.6 is 0 Å². The van der Waals surface area contributed by atoms with Gasteiger partial charge in [0, 0.05) is 25.3 Å². The van der Waals surface area contributed by atoms with Gasteiger partial charge in [0.1, 0.15) is 0 Å². The molecule has 1 heterocycles. The molecule has 0 saturated carbocycles. The van der Waals surface area contributed by atoms with Crippen LogP contribution in [0.3, 0.4) is 0 Å². The van der Waals surface area contributed by atoms with Gasteiger partial charge in [0.05, 0.1) is 11.5 Å². The summed E-state index contributed by atoms with van der Waals surface area (Å²) < 4.78 is 32.1. The molecule has 0 aromatic heterocycles. The van der Waals surface area contributed by atoms with Crippen molar-refractivity contribution in [3.8, 4) is 0 Å². The molecule has 1 saturated heterocycles. The van der Waals surface area contributed by atoms with Crippen molar-refractivity contribution in [1.29, 1.82) is 0 Å². The van der Waals surface area contributed by atoms with Crippen LogP contribution in [0.2, 0.25) is 0 Å². The lowest BCUT2D eigenvalue weighted by Gasteiger charge is -2.23. The fourth-order valence-electron chi connectivity index (χ4n) is 2.42. The van der Waals surface area contributed by atoms with Crippen LogP contribution in [0.15, 0.2) is 29.2 Å². The molecule has 1 fully saturated rings. The van der Waals surface area contributed by atoms with E-state index in [9.17, 15) is 13.2 Å². The summed E-state index contributed by atoms with van der Waals surface area (Å²) >= 11 is 0. The first-order valence-corrected chi connectivity index (χ1v) is 8.58. The van der Waals surface area contributed by atoms with Crippen molar-refractivity contribution in [3.63, 3.8) is 0 Å². The van der Waals surface area contributed by atoms with Crippen LogP contribution in [-0.4, -0.2) is 44.8 Å². The number of nitrogens with zero attached hydrogens (tertiary/aromatic N) is 1. The molecule has 1 aromatic carbocycles. The summed E-state index contributed by atoms with van der Waals surface area (Å²) in [7, 11) is -3.51. The van der Waals surface area contributed by atoms with Crippen LogP contribution in [0.1, 0.15) is 30.6 Å². The first kappa shape index (κ1) is 16.1. The second kappa shape index (κ2) is 6.68. The second-order valence-corrected chi connectivity index (χ2v) is 7.20. The van der Waals surface area contributed by atoms with Gasteiger partial charge in [-0.25, -0.2) is 8.42 Å². The lowest BCUT2D eigenvalue weighted by molar-refractivity contribution is 0.101. The number of hydrogen-bond donors (Lipinski definition) is 0. The minimum Gasteiger partial charge on any atom is -0.381 e. The van der Waals surface area contributed by atoms with Gasteiger partial charge in [-0.3, -0.25) is 4.79 Å². The van der Waals surface area contributed by atoms with Crippen molar-refractivity contribution in [2.45, 2.75) is 25.2 Å². The molecule has 1 aliphatic heterocycles. The fraction of sp³-hybridized carbons (Fsp3) is 0.533. The van der Waals surface area contributed by atoms with E-state index in [4.69, 9.17) is 4.74 Å². The number of carbonyl (C=O) groups is 1. The number of hydrogen-bond acceptors (Lipinski definition) is 4. The van der Waals surface area contributed by atoms with E-state index in [1.54, 1.807) is 12.1 Å². The average Bonchev–Trinajstić information content (AvgIpc) is 2.97. The van der Waals surface area contributed by atoms with Gasteiger partial charge in [-0.05, 0) is 31.4 Å². The van der Waals surface area contributed by atoms with E-state index in [0.717, 1.165) is 6.42 Å². The zero-order chi connectivity index (χ0) is 15.5. The molecule has 0 amide bonds. The normalized spacial score (nSPS) is 19.1.